The summed E-state index contributed by atoms with van der Waals surface area (Å²) < 4.78 is 11.6. The zero-order chi connectivity index (χ0) is 21.0. The largest absolute Gasteiger partial charge is 0.306 e. The van der Waals surface area contributed by atoms with E-state index in [1.54, 1.807) is 0 Å². The maximum atomic E-state index is 13.6. The normalized spacial score (nSPS) is 35.8. The minimum atomic E-state index is -2.08. The first-order valence-corrected chi connectivity index (χ1v) is 9.73. The van der Waals surface area contributed by atoms with Crippen molar-refractivity contribution in [3.05, 3.63) is 44.2 Å². The SMILES string of the molecule is O=C1[C@@H]2[C@H](C(=O)N1c1ccc(F)c([N+](=O)[O-])c1)[C@@]1(Cl)C(Cl)=C(Cl)[C@@]2(Cl)C1(Cl)Cl. The number of rotatable bonds is 2. The smallest absolute Gasteiger partial charge is 0.274 e. The molecule has 0 spiro atoms. The average Bonchev–Trinajstić information content (AvgIpc) is 3.00. The summed E-state index contributed by atoms with van der Waals surface area (Å²) in [6.45, 7) is 0. The van der Waals surface area contributed by atoms with E-state index in [0.717, 1.165) is 18.2 Å². The third-order valence-electron chi connectivity index (χ3n) is 5.29. The Kier molecular flexibility index (Phi) is 4.28. The molecule has 1 saturated heterocycles. The van der Waals surface area contributed by atoms with Crippen molar-refractivity contribution in [1.29, 1.82) is 0 Å². The van der Waals surface area contributed by atoms with Gasteiger partial charge in [-0.15, -0.1) is 23.2 Å². The van der Waals surface area contributed by atoms with Crippen LogP contribution in [0.4, 0.5) is 15.8 Å². The average molecular weight is 509 g/mol. The van der Waals surface area contributed by atoms with Crippen LogP contribution in [-0.4, -0.2) is 30.8 Å². The van der Waals surface area contributed by atoms with E-state index >= 15 is 0 Å². The Morgan fingerprint density at radius 2 is 1.46 bits per heavy atom. The number of allylic oxidation sites excluding steroid dienone is 2. The number of hydrogen-bond acceptors (Lipinski definition) is 4. The van der Waals surface area contributed by atoms with Crippen LogP contribution in [0.2, 0.25) is 0 Å². The Balaban J connectivity index is 1.89. The number of nitro groups is 1. The highest BCUT2D eigenvalue weighted by Gasteiger charge is 2.87. The molecule has 1 saturated carbocycles. The summed E-state index contributed by atoms with van der Waals surface area (Å²) in [6, 6.07) is 2.55. The predicted molar refractivity (Wildman–Crippen MR) is 103 cm³/mol. The van der Waals surface area contributed by atoms with Gasteiger partial charge in [0.05, 0.1) is 32.5 Å². The minimum absolute atomic E-state index is 0.237. The first kappa shape index (κ1) is 20.4. The molecule has 0 aromatic heterocycles. The maximum Gasteiger partial charge on any atom is 0.306 e. The number of hydrogen-bond donors (Lipinski definition) is 0. The summed E-state index contributed by atoms with van der Waals surface area (Å²) in [5.41, 5.74) is -1.16. The number of halogens is 7. The van der Waals surface area contributed by atoms with E-state index in [2.05, 4.69) is 0 Å². The number of nitro benzene ring substituents is 1. The molecule has 0 radical (unpaired) electrons. The Bertz CT molecular complexity index is 986. The van der Waals surface area contributed by atoms with Crippen molar-refractivity contribution in [3.8, 4) is 0 Å². The van der Waals surface area contributed by atoms with Crippen LogP contribution in [-0.2, 0) is 9.59 Å². The second-order valence-electron chi connectivity index (χ2n) is 6.49. The standard InChI is InChI=1S/C15H5Cl6FN2O4/c16-9-10(17)14(19)8-7(13(9,18)15(14,20)21)11(25)23(12(8)26)4-1-2-5(22)6(3-4)24(27)28/h1-3,7-8H/t7-,8+,13-,14-/m1/s1. The summed E-state index contributed by atoms with van der Waals surface area (Å²) in [5, 5.41) is 10.5. The Hall–Kier alpha value is -0.830. The summed E-state index contributed by atoms with van der Waals surface area (Å²) in [5.74, 6) is -5.67. The zero-order valence-electron chi connectivity index (χ0n) is 13.1. The summed E-state index contributed by atoms with van der Waals surface area (Å²) in [7, 11) is 0. The van der Waals surface area contributed by atoms with Crippen LogP contribution in [0.3, 0.4) is 0 Å². The molecule has 1 heterocycles. The van der Waals surface area contributed by atoms with Gasteiger partial charge >= 0.3 is 5.69 Å². The second-order valence-corrected chi connectivity index (χ2v) is 9.76. The Labute approximate surface area is 186 Å². The number of fused-ring (bicyclic) bond motifs is 5. The van der Waals surface area contributed by atoms with Crippen LogP contribution in [0.5, 0.6) is 0 Å². The molecule has 13 heteroatoms. The lowest BCUT2D eigenvalue weighted by Crippen LogP contribution is -2.50. The zero-order valence-corrected chi connectivity index (χ0v) is 17.6. The molecule has 0 unspecified atom stereocenters. The van der Waals surface area contributed by atoms with Crippen molar-refractivity contribution in [2.24, 2.45) is 11.8 Å². The van der Waals surface area contributed by atoms with E-state index < -0.39 is 54.2 Å². The quantitative estimate of drug-likeness (QED) is 0.251. The van der Waals surface area contributed by atoms with Crippen LogP contribution < -0.4 is 4.90 Å². The fourth-order valence-electron chi connectivity index (χ4n) is 4.03. The lowest BCUT2D eigenvalue weighted by molar-refractivity contribution is -0.387. The van der Waals surface area contributed by atoms with Crippen LogP contribution in [0.1, 0.15) is 0 Å². The van der Waals surface area contributed by atoms with Crippen LogP contribution >= 0.6 is 69.6 Å². The van der Waals surface area contributed by atoms with Gasteiger partial charge in [-0.05, 0) is 12.1 Å². The predicted octanol–water partition coefficient (Wildman–Crippen LogP) is 4.69. The molecule has 2 aliphatic carbocycles. The molecule has 2 bridgehead atoms. The number of anilines is 1. The van der Waals surface area contributed by atoms with Crippen molar-refractivity contribution in [3.63, 3.8) is 0 Å². The third-order valence-corrected chi connectivity index (χ3v) is 9.55. The molecule has 1 aliphatic heterocycles. The lowest BCUT2D eigenvalue weighted by Gasteiger charge is -2.34. The number of carbonyl (C=O) groups excluding carboxylic acids is 2. The fourth-order valence-corrected chi connectivity index (χ4v) is 6.96. The van der Waals surface area contributed by atoms with Crippen molar-refractivity contribution in [2.45, 2.75) is 14.1 Å². The van der Waals surface area contributed by atoms with Gasteiger partial charge in [0, 0.05) is 6.07 Å². The highest BCUT2D eigenvalue weighted by molar-refractivity contribution is 6.67. The number of benzene rings is 1. The van der Waals surface area contributed by atoms with Crippen LogP contribution in [0, 0.1) is 27.8 Å². The first-order chi connectivity index (χ1) is 12.8. The van der Waals surface area contributed by atoms with E-state index in [0.29, 0.717) is 4.90 Å². The molecular weight excluding hydrogens is 504 g/mol. The second kappa shape index (κ2) is 5.86. The van der Waals surface area contributed by atoms with E-state index in [1.165, 1.54) is 0 Å². The summed E-state index contributed by atoms with van der Waals surface area (Å²) >= 11 is 38.2. The van der Waals surface area contributed by atoms with Crippen LogP contribution in [0.15, 0.2) is 28.3 Å². The molecular formula is C15H5Cl6FN2O4. The first-order valence-electron chi connectivity index (χ1n) is 7.47. The van der Waals surface area contributed by atoms with Crippen LogP contribution in [0.25, 0.3) is 0 Å². The van der Waals surface area contributed by atoms with Gasteiger partial charge < -0.3 is 0 Å². The topological polar surface area (TPSA) is 80.5 Å². The minimum Gasteiger partial charge on any atom is -0.274 e. The number of amides is 2. The molecule has 28 heavy (non-hydrogen) atoms. The number of imide groups is 1. The van der Waals surface area contributed by atoms with Gasteiger partial charge in [0.2, 0.25) is 17.6 Å². The molecule has 2 fully saturated rings. The molecule has 3 aliphatic rings. The highest BCUT2D eigenvalue weighted by Crippen LogP contribution is 2.77. The van der Waals surface area contributed by atoms with Gasteiger partial charge in [0.1, 0.15) is 9.75 Å². The maximum absolute atomic E-state index is 13.6. The van der Waals surface area contributed by atoms with Gasteiger partial charge in [-0.1, -0.05) is 46.4 Å². The Morgan fingerprint density at radius 1 is 1.00 bits per heavy atom. The molecule has 1 aromatic carbocycles. The molecule has 2 amide bonds. The molecule has 4 rings (SSSR count). The molecule has 0 N–H and O–H groups in total. The molecule has 4 atom stereocenters. The summed E-state index contributed by atoms with van der Waals surface area (Å²) in [6.07, 6.45) is 0. The van der Waals surface area contributed by atoms with E-state index in [4.69, 9.17) is 69.6 Å². The van der Waals surface area contributed by atoms with Crippen molar-refractivity contribution in [2.75, 3.05) is 4.90 Å². The highest BCUT2D eigenvalue weighted by atomic mass is 35.5. The van der Waals surface area contributed by atoms with E-state index in [9.17, 15) is 24.1 Å². The van der Waals surface area contributed by atoms with Gasteiger partial charge in [0.25, 0.3) is 0 Å². The van der Waals surface area contributed by atoms with Gasteiger partial charge in [-0.3, -0.25) is 19.7 Å². The molecule has 1 aromatic rings. The van der Waals surface area contributed by atoms with Gasteiger partial charge in [-0.25, -0.2) is 4.90 Å². The van der Waals surface area contributed by atoms with Gasteiger partial charge in [-0.2, -0.15) is 4.39 Å². The van der Waals surface area contributed by atoms with Crippen molar-refractivity contribution < 1.29 is 18.9 Å². The Morgan fingerprint density at radius 3 is 1.89 bits per heavy atom. The molecule has 6 nitrogen and oxygen atoms in total. The van der Waals surface area contributed by atoms with E-state index in [-0.39, 0.29) is 15.8 Å². The van der Waals surface area contributed by atoms with Gasteiger partial charge in [0.15, 0.2) is 4.33 Å². The summed E-state index contributed by atoms with van der Waals surface area (Å²) in [4.78, 5) is 32.8. The van der Waals surface area contributed by atoms with E-state index in [1.807, 2.05) is 0 Å². The third kappa shape index (κ3) is 1.98. The van der Waals surface area contributed by atoms with Crippen molar-refractivity contribution in [1.82, 2.24) is 0 Å². The molecule has 148 valence electrons. The fraction of sp³-hybridized carbons (Fsp3) is 0.333. The number of nitrogens with zero attached hydrogens (tertiary/aromatic N) is 2. The van der Waals surface area contributed by atoms with Crippen molar-refractivity contribution >= 4 is 92.8 Å². The number of carbonyl (C=O) groups is 2. The monoisotopic (exact) mass is 506 g/mol. The number of alkyl halides is 4. The lowest BCUT2D eigenvalue weighted by atomic mass is 9.84.